The van der Waals surface area contributed by atoms with E-state index in [1.807, 2.05) is 37.3 Å². The number of hydrogen-bond donors (Lipinski definition) is 1. The number of ether oxygens (including phenoxy) is 1. The fourth-order valence-corrected chi connectivity index (χ4v) is 1.59. The van der Waals surface area contributed by atoms with Crippen molar-refractivity contribution in [1.29, 1.82) is 0 Å². The summed E-state index contributed by atoms with van der Waals surface area (Å²) in [6.45, 7) is 3.62. The lowest BCUT2D eigenvalue weighted by molar-refractivity contribution is 0.208. The summed E-state index contributed by atoms with van der Waals surface area (Å²) in [6.07, 6.45) is 5.41. The molecular weight excluding hydrogens is 226 g/mol. The van der Waals surface area contributed by atoms with E-state index in [-0.39, 0.29) is 6.10 Å². The zero-order valence-corrected chi connectivity index (χ0v) is 10.4. The second kappa shape index (κ2) is 6.71. The fraction of sp³-hybridized carbons (Fsp3) is 0.286. The van der Waals surface area contributed by atoms with Crippen molar-refractivity contribution < 1.29 is 4.74 Å². The van der Waals surface area contributed by atoms with E-state index in [0.29, 0.717) is 5.88 Å². The Kier molecular flexibility index (Phi) is 4.67. The Hall–Kier alpha value is -1.94. The lowest BCUT2D eigenvalue weighted by atomic mass is 10.2. The van der Waals surface area contributed by atoms with Crippen molar-refractivity contribution >= 4 is 0 Å². The highest BCUT2D eigenvalue weighted by Gasteiger charge is 2.03. The maximum absolute atomic E-state index is 5.67. The largest absolute Gasteiger partial charge is 0.473 e. The van der Waals surface area contributed by atoms with Crippen molar-refractivity contribution in [2.75, 3.05) is 6.54 Å². The van der Waals surface area contributed by atoms with Crippen molar-refractivity contribution in [2.45, 2.75) is 19.6 Å². The molecule has 0 saturated heterocycles. The first-order chi connectivity index (χ1) is 8.84. The Bertz CT molecular complexity index is 447. The highest BCUT2D eigenvalue weighted by molar-refractivity contribution is 5.10. The smallest absolute Gasteiger partial charge is 0.213 e. The third kappa shape index (κ3) is 4.14. The molecule has 4 nitrogen and oxygen atoms in total. The van der Waals surface area contributed by atoms with Crippen LogP contribution >= 0.6 is 0 Å². The van der Waals surface area contributed by atoms with Crippen LogP contribution < -0.4 is 10.1 Å². The second-order valence-electron chi connectivity index (χ2n) is 4.08. The average molecular weight is 243 g/mol. The third-order valence-electron chi connectivity index (χ3n) is 2.47. The zero-order valence-electron chi connectivity index (χ0n) is 10.4. The first-order valence-electron chi connectivity index (χ1n) is 6.02. The van der Waals surface area contributed by atoms with Crippen LogP contribution in [0.25, 0.3) is 0 Å². The van der Waals surface area contributed by atoms with E-state index < -0.39 is 0 Å². The van der Waals surface area contributed by atoms with Gasteiger partial charge in [-0.15, -0.1) is 0 Å². The van der Waals surface area contributed by atoms with E-state index in [1.165, 1.54) is 5.56 Å². The lowest BCUT2D eigenvalue weighted by Crippen LogP contribution is -2.28. The van der Waals surface area contributed by atoms with Crippen LogP contribution in [0.1, 0.15) is 12.5 Å². The van der Waals surface area contributed by atoms with Gasteiger partial charge >= 0.3 is 0 Å². The molecule has 94 valence electrons. The summed E-state index contributed by atoms with van der Waals surface area (Å²) in [7, 11) is 0. The number of nitrogens with zero attached hydrogens (tertiary/aromatic N) is 2. The summed E-state index contributed by atoms with van der Waals surface area (Å²) in [5.74, 6) is 0.663. The topological polar surface area (TPSA) is 47.0 Å². The molecule has 0 spiro atoms. The molecule has 1 atom stereocenters. The Morgan fingerprint density at radius 1 is 1.17 bits per heavy atom. The van der Waals surface area contributed by atoms with Crippen LogP contribution in [0.15, 0.2) is 48.9 Å². The SMILES string of the molecule is C[C@H](CNCc1ccncc1)Oc1ccccn1. The predicted molar refractivity (Wildman–Crippen MR) is 70.3 cm³/mol. The van der Waals surface area contributed by atoms with Crippen LogP contribution in [0.2, 0.25) is 0 Å². The molecular formula is C14H17N3O. The Morgan fingerprint density at radius 3 is 2.72 bits per heavy atom. The van der Waals surface area contributed by atoms with Crippen molar-refractivity contribution in [1.82, 2.24) is 15.3 Å². The van der Waals surface area contributed by atoms with Gasteiger partial charge in [0.15, 0.2) is 0 Å². The minimum atomic E-state index is 0.0849. The average Bonchev–Trinajstić information content (AvgIpc) is 2.41. The van der Waals surface area contributed by atoms with Crippen LogP contribution in [0.4, 0.5) is 0 Å². The summed E-state index contributed by atoms with van der Waals surface area (Å²) in [5.41, 5.74) is 1.22. The first-order valence-corrected chi connectivity index (χ1v) is 6.02. The van der Waals surface area contributed by atoms with Crippen LogP contribution in [0, 0.1) is 0 Å². The Labute approximate surface area is 107 Å². The van der Waals surface area contributed by atoms with E-state index in [0.717, 1.165) is 13.1 Å². The summed E-state index contributed by atoms with van der Waals surface area (Å²) in [4.78, 5) is 8.11. The van der Waals surface area contributed by atoms with Gasteiger partial charge in [0.25, 0.3) is 0 Å². The van der Waals surface area contributed by atoms with E-state index in [2.05, 4.69) is 15.3 Å². The number of nitrogens with one attached hydrogen (secondary N) is 1. The highest BCUT2D eigenvalue weighted by atomic mass is 16.5. The van der Waals surface area contributed by atoms with Gasteiger partial charge in [-0.1, -0.05) is 6.07 Å². The van der Waals surface area contributed by atoms with E-state index in [1.54, 1.807) is 18.6 Å². The molecule has 0 bridgehead atoms. The van der Waals surface area contributed by atoms with Gasteiger partial charge in [0.1, 0.15) is 6.10 Å². The molecule has 0 aliphatic carbocycles. The standard InChI is InChI=1S/C14H17N3O/c1-12(18-14-4-2-3-7-17-14)10-16-11-13-5-8-15-9-6-13/h2-9,12,16H,10-11H2,1H3/t12-/m1/s1. The van der Waals surface area contributed by atoms with Crippen LogP contribution in [0.3, 0.4) is 0 Å². The van der Waals surface area contributed by atoms with Gasteiger partial charge in [-0.05, 0) is 30.7 Å². The number of pyridine rings is 2. The highest BCUT2D eigenvalue weighted by Crippen LogP contribution is 2.05. The molecule has 0 aromatic carbocycles. The number of aromatic nitrogens is 2. The molecule has 2 heterocycles. The van der Waals surface area contributed by atoms with Crippen LogP contribution in [-0.2, 0) is 6.54 Å². The van der Waals surface area contributed by atoms with Crippen molar-refractivity contribution in [2.24, 2.45) is 0 Å². The van der Waals surface area contributed by atoms with Gasteiger partial charge in [-0.25, -0.2) is 4.98 Å². The third-order valence-corrected chi connectivity index (χ3v) is 2.47. The van der Waals surface area contributed by atoms with Crippen LogP contribution in [0.5, 0.6) is 5.88 Å². The van der Waals surface area contributed by atoms with Crippen LogP contribution in [-0.4, -0.2) is 22.6 Å². The number of hydrogen-bond acceptors (Lipinski definition) is 4. The Balaban J connectivity index is 1.71. The minimum Gasteiger partial charge on any atom is -0.473 e. The summed E-state index contributed by atoms with van der Waals surface area (Å²) < 4.78 is 5.67. The first kappa shape index (κ1) is 12.5. The summed E-state index contributed by atoms with van der Waals surface area (Å²) in [5, 5.41) is 3.34. The number of rotatable bonds is 6. The molecule has 0 amide bonds. The van der Waals surface area contributed by atoms with Crippen molar-refractivity contribution in [3.63, 3.8) is 0 Å². The Morgan fingerprint density at radius 2 is 2.00 bits per heavy atom. The van der Waals surface area contributed by atoms with Gasteiger partial charge in [0.05, 0.1) is 0 Å². The summed E-state index contributed by atoms with van der Waals surface area (Å²) >= 11 is 0. The van der Waals surface area contributed by atoms with E-state index in [4.69, 9.17) is 4.74 Å². The molecule has 0 aliphatic rings. The lowest BCUT2D eigenvalue weighted by Gasteiger charge is -2.14. The quantitative estimate of drug-likeness (QED) is 0.843. The maximum atomic E-state index is 5.67. The molecule has 18 heavy (non-hydrogen) atoms. The van der Waals surface area contributed by atoms with E-state index in [9.17, 15) is 0 Å². The molecule has 2 rings (SSSR count). The van der Waals surface area contributed by atoms with Gasteiger partial charge < -0.3 is 10.1 Å². The molecule has 0 unspecified atom stereocenters. The molecule has 0 saturated carbocycles. The van der Waals surface area contributed by atoms with E-state index >= 15 is 0 Å². The van der Waals surface area contributed by atoms with Crippen molar-refractivity contribution in [3.8, 4) is 5.88 Å². The molecule has 1 N–H and O–H groups in total. The normalized spacial score (nSPS) is 12.1. The van der Waals surface area contributed by atoms with Gasteiger partial charge in [0.2, 0.25) is 5.88 Å². The van der Waals surface area contributed by atoms with Gasteiger partial charge in [0, 0.05) is 37.7 Å². The van der Waals surface area contributed by atoms with Gasteiger partial charge in [-0.3, -0.25) is 4.98 Å². The molecule has 0 aliphatic heterocycles. The molecule has 2 aromatic rings. The maximum Gasteiger partial charge on any atom is 0.213 e. The zero-order chi connectivity index (χ0) is 12.6. The summed E-state index contributed by atoms with van der Waals surface area (Å²) in [6, 6.07) is 9.65. The van der Waals surface area contributed by atoms with Crippen molar-refractivity contribution in [3.05, 3.63) is 54.5 Å². The molecule has 2 aromatic heterocycles. The van der Waals surface area contributed by atoms with Gasteiger partial charge in [-0.2, -0.15) is 0 Å². The molecule has 4 heteroatoms. The minimum absolute atomic E-state index is 0.0849. The fourth-order valence-electron chi connectivity index (χ4n) is 1.59. The monoisotopic (exact) mass is 243 g/mol. The second-order valence-corrected chi connectivity index (χ2v) is 4.08. The molecule has 0 radical (unpaired) electrons. The molecule has 0 fully saturated rings. The predicted octanol–water partition coefficient (Wildman–Crippen LogP) is 2.03.